The number of anilines is 1. The van der Waals surface area contributed by atoms with Crippen LogP contribution in [0.5, 0.6) is 0 Å². The van der Waals surface area contributed by atoms with Crippen molar-refractivity contribution in [3.05, 3.63) is 41.8 Å². The Labute approximate surface area is 364 Å². The molecule has 1 saturated heterocycles. The molecule has 2 aliphatic rings. The number of hydrogen-bond acceptors (Lipinski definition) is 16. The number of fused-ring (bicyclic) bond motifs is 2. The third-order valence-corrected chi connectivity index (χ3v) is 11.0. The quantitative estimate of drug-likeness (QED) is 0.0443. The smallest absolute Gasteiger partial charge is 0.414 e. The Kier molecular flexibility index (Phi) is 15.7. The van der Waals surface area contributed by atoms with Crippen LogP contribution in [0.3, 0.4) is 0 Å². The molecule has 24 heteroatoms. The van der Waals surface area contributed by atoms with E-state index in [0.29, 0.717) is 49.6 Å². The monoisotopic (exact) mass is 900 g/mol. The highest BCUT2D eigenvalue weighted by Gasteiger charge is 2.55. The number of pyridine rings is 1. The number of thioether (sulfide) groups is 1. The maximum atomic E-state index is 13.9. The molecule has 3 aromatic heterocycles. The largest absolute Gasteiger partial charge is 0.452 e. The number of oxime groups is 1. The molecule has 3 aromatic rings. The van der Waals surface area contributed by atoms with E-state index in [9.17, 15) is 24.0 Å². The zero-order valence-electron chi connectivity index (χ0n) is 35.7. The van der Waals surface area contributed by atoms with Gasteiger partial charge < -0.3 is 38.9 Å². The Bertz CT molecular complexity index is 2170. The predicted molar refractivity (Wildman–Crippen MR) is 231 cm³/mol. The first kappa shape index (κ1) is 47.2. The number of imidazole rings is 1. The zero-order valence-corrected chi connectivity index (χ0v) is 38.2. The second-order valence-corrected chi connectivity index (χ2v) is 19.0. The maximum absolute atomic E-state index is 13.9. The number of carbonyl (C=O) groups is 5. The van der Waals surface area contributed by atoms with E-state index in [0.717, 1.165) is 17.0 Å². The predicted octanol–water partition coefficient (Wildman–Crippen LogP) is 3.12. The summed E-state index contributed by atoms with van der Waals surface area (Å²) >= 11 is 2.16. The number of likely N-dealkylation sites (N-methyl/N-ethyl adjacent to an activating group) is 1. The molecule has 5 rings (SSSR count). The minimum Gasteiger partial charge on any atom is -0.452 e. The van der Waals surface area contributed by atoms with Crippen LogP contribution < -0.4 is 20.5 Å². The molecule has 328 valence electrons. The number of aromatic nitrogens is 5. The number of hydrogen-bond donors (Lipinski definition) is 3. The van der Waals surface area contributed by atoms with Crippen LogP contribution in [-0.4, -0.2) is 140 Å². The van der Waals surface area contributed by atoms with Crippen LogP contribution in [0.25, 0.3) is 11.2 Å². The number of nitrogens with zero attached hydrogens (tertiary/aromatic N) is 8. The van der Waals surface area contributed by atoms with Crippen molar-refractivity contribution in [1.29, 1.82) is 0 Å². The summed E-state index contributed by atoms with van der Waals surface area (Å²) in [6.07, 6.45) is 3.08. The van der Waals surface area contributed by atoms with Crippen LogP contribution in [-0.2, 0) is 46.3 Å². The molecule has 3 N–H and O–H groups in total. The summed E-state index contributed by atoms with van der Waals surface area (Å²) in [5.74, 6) is -1.95. The molecule has 20 nitrogen and oxygen atoms in total. The first-order valence-electron chi connectivity index (χ1n) is 19.5. The van der Waals surface area contributed by atoms with Gasteiger partial charge in [-0.25, -0.2) is 19.0 Å². The lowest BCUT2D eigenvalue weighted by Crippen LogP contribution is -2.71. The molecule has 3 unspecified atom stereocenters. The van der Waals surface area contributed by atoms with Gasteiger partial charge in [0.25, 0.3) is 11.8 Å². The van der Waals surface area contributed by atoms with Gasteiger partial charge >= 0.3 is 23.8 Å². The van der Waals surface area contributed by atoms with Gasteiger partial charge in [-0.1, -0.05) is 5.16 Å². The molecule has 0 aliphatic carbocycles. The third kappa shape index (κ3) is 12.4. The highest BCUT2D eigenvalue weighted by atomic mass is 32.2. The van der Waals surface area contributed by atoms with E-state index in [1.165, 1.54) is 16.7 Å². The van der Waals surface area contributed by atoms with Gasteiger partial charge in [-0.3, -0.25) is 19.8 Å². The highest BCUT2D eigenvalue weighted by Crippen LogP contribution is 2.42. The molecule has 0 bridgehead atoms. The Morgan fingerprint density at radius 2 is 1.87 bits per heavy atom. The minimum absolute atomic E-state index is 0.0500. The van der Waals surface area contributed by atoms with Crippen molar-refractivity contribution in [1.82, 2.24) is 39.3 Å². The molecule has 5 heterocycles. The first-order chi connectivity index (χ1) is 28.8. The number of nitrogens with one attached hydrogen (secondary N) is 3. The lowest BCUT2D eigenvalue weighted by atomic mass is 10.0. The molecule has 2 aliphatic heterocycles. The van der Waals surface area contributed by atoms with Crippen molar-refractivity contribution < 1.29 is 47.4 Å². The first-order valence-corrected chi connectivity index (χ1v) is 23.1. The van der Waals surface area contributed by atoms with E-state index in [-0.39, 0.29) is 41.6 Å². The van der Waals surface area contributed by atoms with Gasteiger partial charge in [0.15, 0.2) is 7.57 Å². The molecule has 0 aromatic carbocycles. The highest BCUT2D eigenvalue weighted by molar-refractivity contribution is 8.00. The van der Waals surface area contributed by atoms with Crippen LogP contribution >= 0.6 is 31.3 Å². The summed E-state index contributed by atoms with van der Waals surface area (Å²) in [5.41, 5.74) is 0.436. The molecule has 2 radical (unpaired) electrons. The number of β-lactam (4-membered cyclic amide) rings is 1. The molecular formula is C37H52BN11O9PS2+. The topological polar surface area (TPSA) is 225 Å². The number of carbonyl (C=O) groups excluding carboxylic acids is 5. The van der Waals surface area contributed by atoms with Gasteiger partial charge in [-0.15, -0.1) is 11.8 Å². The maximum Gasteiger partial charge on any atom is 0.414 e. The average Bonchev–Trinajstić information content (AvgIpc) is 3.80. The molecule has 0 spiro atoms. The lowest BCUT2D eigenvalue weighted by Gasteiger charge is -2.49. The Balaban J connectivity index is 1.32. The van der Waals surface area contributed by atoms with E-state index in [1.54, 1.807) is 45.6 Å². The zero-order chi connectivity index (χ0) is 44.6. The van der Waals surface area contributed by atoms with Crippen molar-refractivity contribution in [3.8, 4) is 0 Å². The molecule has 4 amide bonds. The summed E-state index contributed by atoms with van der Waals surface area (Å²) in [6, 6.07) is 2.76. The van der Waals surface area contributed by atoms with E-state index < -0.39 is 54.5 Å². The SMILES string of the molecule is [B]P(C)OC(=O)C1=C(C[n+]2cccc3c2ncn3CCCN(CCNC)C(=O)OC(C)(C)C)CSC2C(NC(=O)/C(=N/OCC)c3nsc(NC(=O)OC(C)(C)C)n3)C(=O)N12. The van der Waals surface area contributed by atoms with Crippen LogP contribution in [0.2, 0.25) is 0 Å². The standard InChI is InChI=1S/C37H51BN11O9PS2/c1-10-55-44-24(27-42-33(61-45-27)43-34(53)56-36(2,3)4)29(50)41-25-30(51)49-26(32(52)58-59(9)38)22(20-60-31(25)49)19-47-15-11-13-23-28(47)40-21-48(23)17-12-16-46(18-14-39-8)35(54)57-37(5,6)7/h11,13,15,21,25,31,39H,10,12,14,16-20H2,1-9H3,(H-,41,42,43,45,50,53)/p+1/b44-24+. The second-order valence-electron chi connectivity index (χ2n) is 15.9. The number of aryl methyl sites for hydroxylation is 1. The molecule has 3 atom stereocenters. The van der Waals surface area contributed by atoms with Gasteiger partial charge in [-0.2, -0.15) is 9.36 Å². The minimum atomic E-state index is -1.63. The van der Waals surface area contributed by atoms with E-state index in [4.69, 9.17) is 31.4 Å². The van der Waals surface area contributed by atoms with Crippen LogP contribution in [0, 0.1) is 0 Å². The lowest BCUT2D eigenvalue weighted by molar-refractivity contribution is -0.664. The van der Waals surface area contributed by atoms with Crippen LogP contribution in [0.1, 0.15) is 60.7 Å². The van der Waals surface area contributed by atoms with E-state index >= 15 is 0 Å². The van der Waals surface area contributed by atoms with E-state index in [1.807, 2.05) is 55.3 Å². The molecule has 1 fully saturated rings. The fraction of sp³-hybridized carbons (Fsp3) is 0.568. The molecule has 0 saturated carbocycles. The number of rotatable bonds is 17. The third-order valence-electron chi connectivity index (χ3n) is 8.62. The Morgan fingerprint density at radius 3 is 2.54 bits per heavy atom. The number of amides is 4. The van der Waals surface area contributed by atoms with Gasteiger partial charge in [0, 0.05) is 57.1 Å². The van der Waals surface area contributed by atoms with Crippen LogP contribution in [0.15, 0.2) is 41.1 Å². The van der Waals surface area contributed by atoms with Gasteiger partial charge in [0.05, 0.1) is 6.20 Å². The normalized spacial score (nSPS) is 17.3. The van der Waals surface area contributed by atoms with Crippen molar-refractivity contribution >= 4 is 90.9 Å². The van der Waals surface area contributed by atoms with Crippen molar-refractivity contribution in [2.75, 3.05) is 51.0 Å². The summed E-state index contributed by atoms with van der Waals surface area (Å²) in [7, 11) is 6.13. The Hall–Kier alpha value is -4.86. The molecular weight excluding hydrogens is 848 g/mol. The summed E-state index contributed by atoms with van der Waals surface area (Å²) in [4.78, 5) is 83.5. The summed E-state index contributed by atoms with van der Waals surface area (Å²) in [5, 5.41) is 11.5. The fourth-order valence-electron chi connectivity index (χ4n) is 6.14. The Morgan fingerprint density at radius 1 is 1.13 bits per heavy atom. The van der Waals surface area contributed by atoms with Gasteiger partial charge in [0.1, 0.15) is 47.0 Å². The van der Waals surface area contributed by atoms with Crippen LogP contribution in [0.4, 0.5) is 14.7 Å². The van der Waals surface area contributed by atoms with Crippen molar-refractivity contribution in [3.63, 3.8) is 0 Å². The molecule has 61 heavy (non-hydrogen) atoms. The average molecular weight is 901 g/mol. The van der Waals surface area contributed by atoms with Crippen molar-refractivity contribution in [2.24, 2.45) is 5.16 Å². The fourth-order valence-corrected chi connectivity index (χ4v) is 8.38. The van der Waals surface area contributed by atoms with Gasteiger partial charge in [0.2, 0.25) is 23.0 Å². The number of ether oxygens (including phenoxy) is 2. The summed E-state index contributed by atoms with van der Waals surface area (Å²) < 4.78 is 24.4. The van der Waals surface area contributed by atoms with Crippen molar-refractivity contribution in [2.45, 2.75) is 90.6 Å². The summed E-state index contributed by atoms with van der Waals surface area (Å²) in [6.45, 7) is 16.4. The van der Waals surface area contributed by atoms with E-state index in [2.05, 4.69) is 30.5 Å². The second kappa shape index (κ2) is 20.3. The van der Waals surface area contributed by atoms with Gasteiger partial charge in [-0.05, 0) is 85.7 Å².